The molecule has 0 bridgehead atoms. The van der Waals surface area contributed by atoms with E-state index in [2.05, 4.69) is 43.7 Å². The lowest BCUT2D eigenvalue weighted by molar-refractivity contribution is -0.115. The Morgan fingerprint density at radius 3 is 2.44 bits per heavy atom. The van der Waals surface area contributed by atoms with Gasteiger partial charge < -0.3 is 10.6 Å². The Hall–Kier alpha value is -2.66. The number of aromatic nitrogens is 1. The number of hydrogen-bond acceptors (Lipinski definition) is 3. The van der Waals surface area contributed by atoms with Crippen molar-refractivity contribution in [2.75, 3.05) is 10.6 Å². The van der Waals surface area contributed by atoms with Crippen molar-refractivity contribution in [3.8, 4) is 0 Å². The standard InChI is InChI=1S/C20H18BrN3O/c21-18-9-5-4-8-16(18)12-20(25)24-19-11-10-17(14-23-19)22-13-15-6-2-1-3-7-15/h1-11,14,22H,12-13H2,(H,23,24,25). The zero-order chi connectivity index (χ0) is 17.5. The van der Waals surface area contributed by atoms with Crippen molar-refractivity contribution in [3.05, 3.63) is 88.5 Å². The quantitative estimate of drug-likeness (QED) is 0.639. The molecular weight excluding hydrogens is 378 g/mol. The Bertz CT molecular complexity index is 835. The fourth-order valence-corrected chi connectivity index (χ4v) is 2.80. The van der Waals surface area contributed by atoms with Crippen LogP contribution in [0.1, 0.15) is 11.1 Å². The molecule has 1 amide bonds. The highest BCUT2D eigenvalue weighted by Crippen LogP contribution is 2.17. The fourth-order valence-electron chi connectivity index (χ4n) is 2.37. The van der Waals surface area contributed by atoms with Crippen LogP contribution < -0.4 is 10.6 Å². The maximum absolute atomic E-state index is 12.1. The molecule has 0 saturated carbocycles. The van der Waals surface area contributed by atoms with E-state index in [4.69, 9.17) is 0 Å². The molecule has 126 valence electrons. The minimum atomic E-state index is -0.0932. The molecule has 2 N–H and O–H groups in total. The number of amides is 1. The lowest BCUT2D eigenvalue weighted by Gasteiger charge is -2.08. The van der Waals surface area contributed by atoms with Crippen molar-refractivity contribution in [1.29, 1.82) is 0 Å². The van der Waals surface area contributed by atoms with Gasteiger partial charge in [-0.25, -0.2) is 4.98 Å². The second-order valence-electron chi connectivity index (χ2n) is 5.59. The van der Waals surface area contributed by atoms with E-state index in [9.17, 15) is 4.79 Å². The van der Waals surface area contributed by atoms with Crippen LogP contribution >= 0.6 is 15.9 Å². The lowest BCUT2D eigenvalue weighted by atomic mass is 10.1. The molecule has 1 heterocycles. The number of halogens is 1. The molecule has 0 spiro atoms. The largest absolute Gasteiger partial charge is 0.380 e. The third-order valence-electron chi connectivity index (χ3n) is 3.68. The Morgan fingerprint density at radius 2 is 1.72 bits per heavy atom. The van der Waals surface area contributed by atoms with E-state index >= 15 is 0 Å². The van der Waals surface area contributed by atoms with Crippen LogP contribution in [0, 0.1) is 0 Å². The minimum absolute atomic E-state index is 0.0932. The van der Waals surface area contributed by atoms with Crippen molar-refractivity contribution in [2.45, 2.75) is 13.0 Å². The van der Waals surface area contributed by atoms with Gasteiger partial charge >= 0.3 is 0 Å². The molecule has 0 fully saturated rings. The van der Waals surface area contributed by atoms with Crippen LogP contribution in [0.2, 0.25) is 0 Å². The van der Waals surface area contributed by atoms with E-state index in [1.807, 2.05) is 48.5 Å². The Labute approximate surface area is 155 Å². The highest BCUT2D eigenvalue weighted by molar-refractivity contribution is 9.10. The molecule has 1 aromatic heterocycles. The van der Waals surface area contributed by atoms with Crippen molar-refractivity contribution >= 4 is 33.3 Å². The van der Waals surface area contributed by atoms with Crippen LogP contribution in [-0.4, -0.2) is 10.9 Å². The molecule has 0 saturated heterocycles. The van der Waals surface area contributed by atoms with Gasteiger partial charge in [0.05, 0.1) is 18.3 Å². The zero-order valence-corrected chi connectivity index (χ0v) is 15.2. The SMILES string of the molecule is O=C(Cc1ccccc1Br)Nc1ccc(NCc2ccccc2)cn1. The summed E-state index contributed by atoms with van der Waals surface area (Å²) < 4.78 is 0.929. The molecule has 0 radical (unpaired) electrons. The van der Waals surface area contributed by atoms with Gasteiger partial charge in [0, 0.05) is 11.0 Å². The number of benzene rings is 2. The number of carbonyl (C=O) groups is 1. The molecular formula is C20H18BrN3O. The second-order valence-corrected chi connectivity index (χ2v) is 6.44. The Morgan fingerprint density at radius 1 is 0.960 bits per heavy atom. The van der Waals surface area contributed by atoms with Crippen molar-refractivity contribution in [1.82, 2.24) is 4.98 Å². The molecule has 2 aromatic carbocycles. The summed E-state index contributed by atoms with van der Waals surface area (Å²) in [5, 5.41) is 6.13. The molecule has 3 rings (SSSR count). The van der Waals surface area contributed by atoms with Crippen LogP contribution in [-0.2, 0) is 17.8 Å². The van der Waals surface area contributed by atoms with Crippen LogP contribution in [0.15, 0.2) is 77.4 Å². The van der Waals surface area contributed by atoms with Gasteiger partial charge in [0.25, 0.3) is 0 Å². The maximum Gasteiger partial charge on any atom is 0.229 e. The van der Waals surface area contributed by atoms with Gasteiger partial charge in [-0.1, -0.05) is 64.5 Å². The molecule has 0 unspecified atom stereocenters. The van der Waals surface area contributed by atoms with E-state index in [1.54, 1.807) is 12.3 Å². The van der Waals surface area contributed by atoms with Crippen molar-refractivity contribution < 1.29 is 4.79 Å². The first-order chi connectivity index (χ1) is 12.2. The second kappa shape index (κ2) is 8.44. The van der Waals surface area contributed by atoms with E-state index in [1.165, 1.54) is 5.56 Å². The van der Waals surface area contributed by atoms with Crippen LogP contribution in [0.25, 0.3) is 0 Å². The molecule has 0 aliphatic rings. The van der Waals surface area contributed by atoms with Crippen LogP contribution in [0.4, 0.5) is 11.5 Å². The normalized spacial score (nSPS) is 10.3. The van der Waals surface area contributed by atoms with E-state index in [-0.39, 0.29) is 5.91 Å². The highest BCUT2D eigenvalue weighted by Gasteiger charge is 2.07. The molecule has 0 aliphatic carbocycles. The van der Waals surface area contributed by atoms with Gasteiger partial charge in [-0.05, 0) is 29.3 Å². The van der Waals surface area contributed by atoms with Gasteiger partial charge in [-0.2, -0.15) is 0 Å². The zero-order valence-electron chi connectivity index (χ0n) is 13.6. The topological polar surface area (TPSA) is 54.0 Å². The minimum Gasteiger partial charge on any atom is -0.380 e. The third-order valence-corrected chi connectivity index (χ3v) is 4.45. The average Bonchev–Trinajstić information content (AvgIpc) is 2.64. The number of rotatable bonds is 6. The van der Waals surface area contributed by atoms with Gasteiger partial charge in [-0.3, -0.25) is 4.79 Å². The smallest absolute Gasteiger partial charge is 0.229 e. The highest BCUT2D eigenvalue weighted by atomic mass is 79.9. The summed E-state index contributed by atoms with van der Waals surface area (Å²) in [5.74, 6) is 0.451. The fraction of sp³-hybridized carbons (Fsp3) is 0.100. The number of pyridine rings is 1. The molecule has 4 nitrogen and oxygen atoms in total. The predicted molar refractivity (Wildman–Crippen MR) is 104 cm³/mol. The summed E-state index contributed by atoms with van der Waals surface area (Å²) in [7, 11) is 0. The summed E-state index contributed by atoms with van der Waals surface area (Å²) >= 11 is 3.45. The number of anilines is 2. The summed E-state index contributed by atoms with van der Waals surface area (Å²) in [6.45, 7) is 0.732. The lowest BCUT2D eigenvalue weighted by Crippen LogP contribution is -2.15. The third kappa shape index (κ3) is 5.16. The van der Waals surface area contributed by atoms with Gasteiger partial charge in [0.1, 0.15) is 5.82 Å². The van der Waals surface area contributed by atoms with E-state index in [0.717, 1.165) is 22.3 Å². The molecule has 0 atom stereocenters. The number of hydrogen-bond donors (Lipinski definition) is 2. The van der Waals surface area contributed by atoms with Crippen molar-refractivity contribution in [3.63, 3.8) is 0 Å². The maximum atomic E-state index is 12.1. The Balaban J connectivity index is 1.53. The van der Waals surface area contributed by atoms with Gasteiger partial charge in [-0.15, -0.1) is 0 Å². The van der Waals surface area contributed by atoms with Gasteiger partial charge in [0.15, 0.2) is 0 Å². The van der Waals surface area contributed by atoms with Crippen LogP contribution in [0.3, 0.4) is 0 Å². The molecule has 25 heavy (non-hydrogen) atoms. The molecule has 3 aromatic rings. The first-order valence-corrected chi connectivity index (χ1v) is 8.77. The number of nitrogens with zero attached hydrogens (tertiary/aromatic N) is 1. The summed E-state index contributed by atoms with van der Waals surface area (Å²) in [6, 6.07) is 21.5. The summed E-state index contributed by atoms with van der Waals surface area (Å²) in [6.07, 6.45) is 2.02. The number of carbonyl (C=O) groups excluding carboxylic acids is 1. The van der Waals surface area contributed by atoms with Crippen molar-refractivity contribution in [2.24, 2.45) is 0 Å². The first kappa shape index (κ1) is 17.2. The van der Waals surface area contributed by atoms with E-state index in [0.29, 0.717) is 12.2 Å². The van der Waals surface area contributed by atoms with E-state index < -0.39 is 0 Å². The molecule has 0 aliphatic heterocycles. The average molecular weight is 396 g/mol. The summed E-state index contributed by atoms with van der Waals surface area (Å²) in [5.41, 5.74) is 3.06. The number of nitrogens with one attached hydrogen (secondary N) is 2. The van der Waals surface area contributed by atoms with Crippen LogP contribution in [0.5, 0.6) is 0 Å². The monoisotopic (exact) mass is 395 g/mol. The Kier molecular flexibility index (Phi) is 5.80. The van der Waals surface area contributed by atoms with Gasteiger partial charge in [0.2, 0.25) is 5.91 Å². The first-order valence-electron chi connectivity index (χ1n) is 7.98. The molecule has 5 heteroatoms. The predicted octanol–water partition coefficient (Wildman–Crippen LogP) is 4.64. The summed E-state index contributed by atoms with van der Waals surface area (Å²) in [4.78, 5) is 16.4.